The van der Waals surface area contributed by atoms with Crippen LogP contribution in [0, 0.1) is 0 Å². The Morgan fingerprint density at radius 1 is 0.545 bits per heavy atom. The first-order chi connectivity index (χ1) is 10.2. The van der Waals surface area contributed by atoms with Crippen LogP contribution in [0.15, 0.2) is 24.3 Å². The van der Waals surface area contributed by atoms with Crippen molar-refractivity contribution in [2.75, 3.05) is 0 Å². The average Bonchev–Trinajstić information content (AvgIpc) is 2.39. The molecule has 0 saturated carbocycles. The molecule has 0 aliphatic carbocycles. The molecule has 22 heavy (non-hydrogen) atoms. The van der Waals surface area contributed by atoms with Gasteiger partial charge < -0.3 is 0 Å². The normalized spacial score (nSPS) is 12.6. The Balaban J connectivity index is 2.22. The molecule has 0 unspecified atom stereocenters. The van der Waals surface area contributed by atoms with Crippen LogP contribution in [0.4, 0.5) is 0 Å². The number of hydrogen-bond acceptors (Lipinski definition) is 0. The van der Waals surface area contributed by atoms with Gasteiger partial charge in [0.1, 0.15) is 0 Å². The van der Waals surface area contributed by atoms with Crippen molar-refractivity contribution in [3.8, 4) is 0 Å². The highest BCUT2D eigenvalue weighted by Gasteiger charge is 2.12. The highest BCUT2D eigenvalue weighted by Crippen LogP contribution is 2.17. The number of aryl methyl sites for hydroxylation is 2. The smallest absolute Gasteiger partial charge is 0.0442 e. The van der Waals surface area contributed by atoms with E-state index in [9.17, 15) is 0 Å². The van der Waals surface area contributed by atoms with Crippen molar-refractivity contribution in [1.82, 2.24) is 0 Å². The molecule has 0 nitrogen and oxygen atoms in total. The summed E-state index contributed by atoms with van der Waals surface area (Å²) in [5, 5.41) is 0. The van der Waals surface area contributed by atoms with Crippen LogP contribution in [0.3, 0.4) is 0 Å². The van der Waals surface area contributed by atoms with Gasteiger partial charge in [0, 0.05) is 16.1 Å². The fourth-order valence-electron chi connectivity index (χ4n) is 2.84. The Labute approximate surface area is 141 Å². The van der Waals surface area contributed by atoms with Crippen LogP contribution in [-0.4, -0.2) is 16.1 Å². The number of benzene rings is 1. The summed E-state index contributed by atoms with van der Waals surface area (Å²) in [5.74, 6) is 0. The van der Waals surface area contributed by atoms with E-state index in [2.05, 4.69) is 63.5 Å². The third kappa shape index (κ3) is 10.4. The van der Waals surface area contributed by atoms with Gasteiger partial charge in [0.15, 0.2) is 0 Å². The van der Waals surface area contributed by atoms with E-state index in [0.717, 1.165) is 0 Å². The van der Waals surface area contributed by atoms with Gasteiger partial charge in [-0.25, -0.2) is 0 Å². The molecule has 0 aromatic heterocycles. The van der Waals surface area contributed by atoms with Gasteiger partial charge in [0.2, 0.25) is 0 Å². The number of unbranched alkanes of at least 4 members (excludes halogenated alkanes) is 2. The van der Waals surface area contributed by atoms with Crippen molar-refractivity contribution >= 4 is 16.1 Å². The minimum Gasteiger partial charge on any atom is -0.0695 e. The minimum absolute atomic E-state index is 0.834. The SMILES string of the molecule is C[Si](C)(C)CCCCc1ccc(CCCC[Si](C)(C)C)cc1. The molecule has 0 N–H and O–H groups in total. The number of hydrogen-bond donors (Lipinski definition) is 0. The second-order valence-electron chi connectivity index (χ2n) is 9.35. The van der Waals surface area contributed by atoms with Crippen LogP contribution >= 0.6 is 0 Å². The Bertz CT molecular complexity index is 366. The zero-order valence-electron chi connectivity index (χ0n) is 16.0. The largest absolute Gasteiger partial charge is 0.0695 e. The second kappa shape index (κ2) is 9.07. The Morgan fingerprint density at radius 2 is 0.864 bits per heavy atom. The lowest BCUT2D eigenvalue weighted by Crippen LogP contribution is -2.18. The van der Waals surface area contributed by atoms with E-state index < -0.39 is 16.1 Å². The van der Waals surface area contributed by atoms with Gasteiger partial charge in [-0.05, 0) is 36.8 Å². The van der Waals surface area contributed by atoms with Crippen molar-refractivity contribution in [3.05, 3.63) is 35.4 Å². The third-order valence-electron chi connectivity index (χ3n) is 4.31. The van der Waals surface area contributed by atoms with E-state index in [0.29, 0.717) is 0 Å². The van der Waals surface area contributed by atoms with Gasteiger partial charge >= 0.3 is 0 Å². The fourth-order valence-corrected chi connectivity index (χ4v) is 5.46. The van der Waals surface area contributed by atoms with Gasteiger partial charge in [0.05, 0.1) is 0 Å². The number of rotatable bonds is 10. The van der Waals surface area contributed by atoms with E-state index in [1.54, 1.807) is 0 Å². The van der Waals surface area contributed by atoms with E-state index >= 15 is 0 Å². The lowest BCUT2D eigenvalue weighted by molar-refractivity contribution is 0.776. The third-order valence-corrected chi connectivity index (χ3v) is 8.01. The maximum absolute atomic E-state index is 2.48. The van der Waals surface area contributed by atoms with E-state index in [-0.39, 0.29) is 0 Å². The standard InChI is InChI=1S/C20H38Si2/c1-21(2,3)17-9-7-11-19-13-15-20(16-14-19)12-8-10-18-22(4,5)6/h13-16H,7-12,17-18H2,1-6H3. The van der Waals surface area contributed by atoms with Crippen molar-refractivity contribution in [3.63, 3.8) is 0 Å². The first-order valence-electron chi connectivity index (χ1n) is 9.24. The zero-order valence-corrected chi connectivity index (χ0v) is 18.0. The van der Waals surface area contributed by atoms with Crippen LogP contribution in [0.1, 0.15) is 36.8 Å². The van der Waals surface area contributed by atoms with Gasteiger partial charge in [-0.1, -0.05) is 88.5 Å². The molecule has 0 amide bonds. The summed E-state index contributed by atoms with van der Waals surface area (Å²) in [5.41, 5.74) is 3.06. The minimum atomic E-state index is -0.834. The molecule has 0 radical (unpaired) electrons. The van der Waals surface area contributed by atoms with Crippen molar-refractivity contribution in [1.29, 1.82) is 0 Å². The summed E-state index contributed by atoms with van der Waals surface area (Å²) >= 11 is 0. The highest BCUT2D eigenvalue weighted by molar-refractivity contribution is 6.76. The summed E-state index contributed by atoms with van der Waals surface area (Å²) in [6, 6.07) is 12.4. The van der Waals surface area contributed by atoms with Crippen LogP contribution < -0.4 is 0 Å². The quantitative estimate of drug-likeness (QED) is 0.319. The molecule has 0 saturated heterocycles. The monoisotopic (exact) mass is 334 g/mol. The van der Waals surface area contributed by atoms with Gasteiger partial charge in [-0.15, -0.1) is 0 Å². The average molecular weight is 335 g/mol. The molecule has 1 rings (SSSR count). The van der Waals surface area contributed by atoms with Crippen molar-refractivity contribution in [2.24, 2.45) is 0 Å². The summed E-state index contributed by atoms with van der Waals surface area (Å²) in [6.07, 6.45) is 8.07. The van der Waals surface area contributed by atoms with E-state index in [1.165, 1.54) is 61.7 Å². The molecule has 0 fully saturated rings. The molecular formula is C20H38Si2. The molecule has 126 valence electrons. The molecule has 1 aromatic rings. The molecule has 0 aliphatic heterocycles. The van der Waals surface area contributed by atoms with Crippen LogP contribution in [0.2, 0.25) is 51.4 Å². The van der Waals surface area contributed by atoms with E-state index in [4.69, 9.17) is 0 Å². The molecule has 0 aliphatic rings. The first kappa shape index (κ1) is 19.7. The predicted molar refractivity (Wildman–Crippen MR) is 109 cm³/mol. The van der Waals surface area contributed by atoms with E-state index in [1.807, 2.05) is 0 Å². The zero-order chi connectivity index (χ0) is 16.6. The summed E-state index contributed by atoms with van der Waals surface area (Å²) < 4.78 is 0. The van der Waals surface area contributed by atoms with Crippen molar-refractivity contribution < 1.29 is 0 Å². The first-order valence-corrected chi connectivity index (χ1v) is 16.6. The highest BCUT2D eigenvalue weighted by atomic mass is 28.3. The molecule has 1 aromatic carbocycles. The Hall–Kier alpha value is -0.346. The summed E-state index contributed by atoms with van der Waals surface area (Å²) in [6.45, 7) is 14.9. The fraction of sp³-hybridized carbons (Fsp3) is 0.700. The molecule has 0 spiro atoms. The Kier molecular flexibility index (Phi) is 8.12. The summed E-state index contributed by atoms with van der Waals surface area (Å²) in [7, 11) is -1.67. The molecular weight excluding hydrogens is 296 g/mol. The maximum atomic E-state index is 2.48. The topological polar surface area (TPSA) is 0 Å². The molecule has 2 heteroatoms. The lowest BCUT2D eigenvalue weighted by atomic mass is 10.0. The molecule has 0 bridgehead atoms. The predicted octanol–water partition coefficient (Wildman–Crippen LogP) is 7.01. The van der Waals surface area contributed by atoms with Crippen LogP contribution in [-0.2, 0) is 12.8 Å². The molecule has 0 heterocycles. The van der Waals surface area contributed by atoms with Gasteiger partial charge in [0.25, 0.3) is 0 Å². The van der Waals surface area contributed by atoms with Crippen molar-refractivity contribution in [2.45, 2.75) is 89.9 Å². The van der Waals surface area contributed by atoms with Gasteiger partial charge in [-0.3, -0.25) is 0 Å². The second-order valence-corrected chi connectivity index (χ2v) is 20.6. The Morgan fingerprint density at radius 3 is 1.14 bits per heavy atom. The lowest BCUT2D eigenvalue weighted by Gasteiger charge is -2.15. The molecule has 0 atom stereocenters. The maximum Gasteiger partial charge on any atom is 0.0442 e. The summed E-state index contributed by atoms with van der Waals surface area (Å²) in [4.78, 5) is 0. The van der Waals surface area contributed by atoms with Crippen LogP contribution in [0.5, 0.6) is 0 Å². The van der Waals surface area contributed by atoms with Crippen LogP contribution in [0.25, 0.3) is 0 Å². The van der Waals surface area contributed by atoms with Gasteiger partial charge in [-0.2, -0.15) is 0 Å².